The van der Waals surface area contributed by atoms with Crippen molar-refractivity contribution < 1.29 is 19.0 Å². The predicted octanol–water partition coefficient (Wildman–Crippen LogP) is 2.97. The van der Waals surface area contributed by atoms with E-state index in [1.54, 1.807) is 33.5 Å². The van der Waals surface area contributed by atoms with Crippen molar-refractivity contribution in [1.29, 1.82) is 0 Å². The quantitative estimate of drug-likeness (QED) is 0.856. The molecule has 1 saturated heterocycles. The number of fused-ring (bicyclic) bond motifs is 1. The van der Waals surface area contributed by atoms with Gasteiger partial charge in [-0.1, -0.05) is 12.8 Å². The smallest absolute Gasteiger partial charge is 0.254 e. The average molecular weight is 319 g/mol. The Morgan fingerprint density at radius 2 is 1.48 bits per heavy atom. The number of carbonyl (C=O) groups excluding carboxylic acids is 1. The first kappa shape index (κ1) is 16.0. The number of ether oxygens (including phenoxy) is 3. The summed E-state index contributed by atoms with van der Waals surface area (Å²) in [5.41, 5.74) is 0.596. The monoisotopic (exact) mass is 319 g/mol. The van der Waals surface area contributed by atoms with Gasteiger partial charge in [-0.15, -0.1) is 0 Å². The van der Waals surface area contributed by atoms with Crippen LogP contribution < -0.4 is 14.2 Å². The van der Waals surface area contributed by atoms with Crippen LogP contribution in [0.25, 0.3) is 0 Å². The van der Waals surface area contributed by atoms with Crippen LogP contribution in [0, 0.1) is 11.8 Å². The van der Waals surface area contributed by atoms with E-state index in [2.05, 4.69) is 0 Å². The van der Waals surface area contributed by atoms with Gasteiger partial charge in [-0.05, 0) is 36.8 Å². The van der Waals surface area contributed by atoms with E-state index in [1.165, 1.54) is 25.7 Å². The Morgan fingerprint density at radius 3 is 1.91 bits per heavy atom. The zero-order chi connectivity index (χ0) is 16.4. The van der Waals surface area contributed by atoms with E-state index < -0.39 is 0 Å². The molecule has 2 atom stereocenters. The molecule has 0 N–H and O–H groups in total. The summed E-state index contributed by atoms with van der Waals surface area (Å²) < 4.78 is 16.0. The number of hydrogen-bond donors (Lipinski definition) is 0. The number of hydrogen-bond acceptors (Lipinski definition) is 4. The lowest BCUT2D eigenvalue weighted by Gasteiger charge is -2.22. The second-order valence-corrected chi connectivity index (χ2v) is 6.43. The fourth-order valence-corrected chi connectivity index (χ4v) is 3.96. The third-order valence-electron chi connectivity index (χ3n) is 5.18. The van der Waals surface area contributed by atoms with Crippen LogP contribution in [0.3, 0.4) is 0 Å². The van der Waals surface area contributed by atoms with E-state index >= 15 is 0 Å². The van der Waals surface area contributed by atoms with Gasteiger partial charge in [0, 0.05) is 18.7 Å². The summed E-state index contributed by atoms with van der Waals surface area (Å²) in [6.45, 7) is 1.75. The fraction of sp³-hybridized carbons (Fsp3) is 0.611. The number of nitrogens with zero attached hydrogens (tertiary/aromatic N) is 1. The van der Waals surface area contributed by atoms with Crippen molar-refractivity contribution in [2.45, 2.75) is 25.7 Å². The van der Waals surface area contributed by atoms with Crippen molar-refractivity contribution in [3.63, 3.8) is 0 Å². The largest absolute Gasteiger partial charge is 0.493 e. The molecule has 1 aliphatic heterocycles. The summed E-state index contributed by atoms with van der Waals surface area (Å²) in [6.07, 6.45) is 5.11. The van der Waals surface area contributed by atoms with Crippen LogP contribution in [-0.2, 0) is 0 Å². The van der Waals surface area contributed by atoms with Crippen LogP contribution >= 0.6 is 0 Å². The van der Waals surface area contributed by atoms with Crippen molar-refractivity contribution in [2.75, 3.05) is 34.4 Å². The van der Waals surface area contributed by atoms with Crippen LogP contribution in [0.4, 0.5) is 0 Å². The van der Waals surface area contributed by atoms with E-state index in [4.69, 9.17) is 14.2 Å². The number of methoxy groups -OCH3 is 3. The highest BCUT2D eigenvalue weighted by atomic mass is 16.5. The summed E-state index contributed by atoms with van der Waals surface area (Å²) in [5.74, 6) is 2.96. The molecule has 23 heavy (non-hydrogen) atoms. The molecule has 1 aliphatic carbocycles. The Kier molecular flexibility index (Phi) is 4.64. The summed E-state index contributed by atoms with van der Waals surface area (Å²) in [4.78, 5) is 14.9. The van der Waals surface area contributed by atoms with Crippen LogP contribution in [0.5, 0.6) is 17.2 Å². The van der Waals surface area contributed by atoms with Gasteiger partial charge >= 0.3 is 0 Å². The van der Waals surface area contributed by atoms with Gasteiger partial charge < -0.3 is 19.1 Å². The molecule has 2 fully saturated rings. The highest BCUT2D eigenvalue weighted by Gasteiger charge is 2.37. The van der Waals surface area contributed by atoms with Gasteiger partial charge in [-0.2, -0.15) is 0 Å². The maximum absolute atomic E-state index is 12.9. The lowest BCUT2D eigenvalue weighted by atomic mass is 9.82. The standard InChI is InChI=1S/C18H25NO4/c1-21-15-8-14(9-16(22-2)17(15)23-3)18(20)19-10-12-6-4-5-7-13(12)11-19/h8-9,12-13H,4-7,10-11H2,1-3H3. The molecule has 1 saturated carbocycles. The molecule has 3 rings (SSSR count). The first-order valence-electron chi connectivity index (χ1n) is 8.27. The molecule has 1 aromatic rings. The second-order valence-electron chi connectivity index (χ2n) is 6.43. The Morgan fingerprint density at radius 1 is 0.957 bits per heavy atom. The Hall–Kier alpha value is -1.91. The van der Waals surface area contributed by atoms with Gasteiger partial charge in [-0.3, -0.25) is 4.79 Å². The van der Waals surface area contributed by atoms with E-state index in [0.717, 1.165) is 13.1 Å². The summed E-state index contributed by atoms with van der Waals surface area (Å²) >= 11 is 0. The van der Waals surface area contributed by atoms with Crippen LogP contribution in [0.2, 0.25) is 0 Å². The molecule has 0 spiro atoms. The molecule has 1 heterocycles. The molecule has 5 heteroatoms. The van der Waals surface area contributed by atoms with Gasteiger partial charge in [0.25, 0.3) is 5.91 Å². The van der Waals surface area contributed by atoms with Gasteiger partial charge in [0.05, 0.1) is 21.3 Å². The van der Waals surface area contributed by atoms with Crippen molar-refractivity contribution in [3.05, 3.63) is 17.7 Å². The van der Waals surface area contributed by atoms with Crippen LogP contribution in [0.1, 0.15) is 36.0 Å². The normalized spacial score (nSPS) is 23.3. The zero-order valence-electron chi connectivity index (χ0n) is 14.1. The number of carbonyl (C=O) groups is 1. The molecule has 126 valence electrons. The average Bonchev–Trinajstić information content (AvgIpc) is 3.03. The number of amides is 1. The summed E-state index contributed by atoms with van der Waals surface area (Å²) in [6, 6.07) is 3.48. The molecule has 1 aromatic carbocycles. The topological polar surface area (TPSA) is 48.0 Å². The minimum Gasteiger partial charge on any atom is -0.493 e. The predicted molar refractivity (Wildman–Crippen MR) is 87.4 cm³/mol. The van der Waals surface area contributed by atoms with E-state index in [9.17, 15) is 4.79 Å². The lowest BCUT2D eigenvalue weighted by Crippen LogP contribution is -2.29. The number of rotatable bonds is 4. The third-order valence-corrected chi connectivity index (χ3v) is 5.18. The maximum Gasteiger partial charge on any atom is 0.254 e. The minimum atomic E-state index is 0.0543. The molecular weight excluding hydrogens is 294 g/mol. The highest BCUT2D eigenvalue weighted by Crippen LogP contribution is 2.40. The molecule has 0 bridgehead atoms. The van der Waals surface area contributed by atoms with Crippen molar-refractivity contribution in [1.82, 2.24) is 4.90 Å². The van der Waals surface area contributed by atoms with Gasteiger partial charge in [0.15, 0.2) is 11.5 Å². The fourth-order valence-electron chi connectivity index (χ4n) is 3.96. The third kappa shape index (κ3) is 2.96. The van der Waals surface area contributed by atoms with Crippen LogP contribution in [0.15, 0.2) is 12.1 Å². The van der Waals surface area contributed by atoms with Gasteiger partial charge in [-0.25, -0.2) is 0 Å². The lowest BCUT2D eigenvalue weighted by molar-refractivity contribution is 0.0783. The molecule has 0 radical (unpaired) electrons. The number of benzene rings is 1. The Bertz CT molecular complexity index is 547. The maximum atomic E-state index is 12.9. The highest BCUT2D eigenvalue weighted by molar-refractivity contribution is 5.95. The minimum absolute atomic E-state index is 0.0543. The van der Waals surface area contributed by atoms with E-state index in [-0.39, 0.29) is 5.91 Å². The molecular formula is C18H25NO4. The van der Waals surface area contributed by atoms with Gasteiger partial charge in [0.2, 0.25) is 5.75 Å². The van der Waals surface area contributed by atoms with E-state index in [0.29, 0.717) is 34.6 Å². The van der Waals surface area contributed by atoms with Crippen molar-refractivity contribution in [3.8, 4) is 17.2 Å². The Balaban J connectivity index is 1.85. The SMILES string of the molecule is COc1cc(C(=O)N2CC3CCCCC3C2)cc(OC)c1OC. The van der Waals surface area contributed by atoms with Crippen LogP contribution in [-0.4, -0.2) is 45.2 Å². The second kappa shape index (κ2) is 6.69. The summed E-state index contributed by atoms with van der Waals surface area (Å²) in [7, 11) is 4.69. The molecule has 0 aromatic heterocycles. The Labute approximate surface area is 137 Å². The number of likely N-dealkylation sites (tertiary alicyclic amines) is 1. The molecule has 5 nitrogen and oxygen atoms in total. The van der Waals surface area contributed by atoms with Crippen molar-refractivity contribution >= 4 is 5.91 Å². The molecule has 2 unspecified atom stereocenters. The first-order chi connectivity index (χ1) is 11.2. The van der Waals surface area contributed by atoms with Gasteiger partial charge in [0.1, 0.15) is 0 Å². The van der Waals surface area contributed by atoms with E-state index in [1.807, 2.05) is 4.90 Å². The van der Waals surface area contributed by atoms with Crippen molar-refractivity contribution in [2.24, 2.45) is 11.8 Å². The first-order valence-corrected chi connectivity index (χ1v) is 8.27. The molecule has 1 amide bonds. The zero-order valence-corrected chi connectivity index (χ0v) is 14.1. The summed E-state index contributed by atoms with van der Waals surface area (Å²) in [5, 5.41) is 0. The molecule has 2 aliphatic rings.